The van der Waals surface area contributed by atoms with Crippen molar-refractivity contribution >= 4 is 65.0 Å². The van der Waals surface area contributed by atoms with E-state index in [9.17, 15) is 73.2 Å². The molecule has 1 fully saturated rings. The van der Waals surface area contributed by atoms with Gasteiger partial charge in [0.15, 0.2) is 0 Å². The number of hydrogen-bond donors (Lipinski definition) is 19. The number of nitrogens with two attached hydrogens (primary N) is 4. The van der Waals surface area contributed by atoms with Crippen molar-refractivity contribution in [2.75, 3.05) is 45.9 Å². The highest BCUT2D eigenvalue weighted by atomic mass is 16.3. The van der Waals surface area contributed by atoms with Gasteiger partial charge in [-0.2, -0.15) is 0 Å². The number of aliphatic hydroxyl groups is 4. The second-order valence-corrected chi connectivity index (χ2v) is 19.6. The van der Waals surface area contributed by atoms with Crippen LogP contribution in [-0.4, -0.2) is 204 Å². The van der Waals surface area contributed by atoms with Gasteiger partial charge in [0.05, 0.1) is 25.4 Å². The van der Waals surface area contributed by atoms with Crippen LogP contribution in [0.1, 0.15) is 112 Å². The second kappa shape index (κ2) is 37.6. The number of unbranched alkanes of at least 4 members (excludes halogenated alkanes) is 4. The van der Waals surface area contributed by atoms with E-state index in [2.05, 4.69) is 58.5 Å². The molecule has 0 spiro atoms. The molecule has 0 radical (unpaired) electrons. The zero-order valence-corrected chi connectivity index (χ0v) is 45.5. The molecular formula is C48H89N15O15. The van der Waals surface area contributed by atoms with Crippen molar-refractivity contribution in [2.45, 2.75) is 184 Å². The molecule has 30 heteroatoms. The summed E-state index contributed by atoms with van der Waals surface area (Å²) in [5.74, 6) is -11.1. The molecule has 1 aliphatic rings. The Hall–Kier alpha value is -6.15. The lowest BCUT2D eigenvalue weighted by Gasteiger charge is -2.28. The lowest BCUT2D eigenvalue weighted by atomic mass is 10.0. The van der Waals surface area contributed by atoms with Crippen LogP contribution >= 0.6 is 0 Å². The van der Waals surface area contributed by atoms with E-state index in [0.29, 0.717) is 6.42 Å². The molecule has 446 valence electrons. The summed E-state index contributed by atoms with van der Waals surface area (Å²) in [6, 6.07) is -15.9. The van der Waals surface area contributed by atoms with Gasteiger partial charge in [-0.15, -0.1) is 0 Å². The molecule has 1 rings (SSSR count). The fourth-order valence-corrected chi connectivity index (χ4v) is 7.92. The van der Waals surface area contributed by atoms with Crippen molar-refractivity contribution in [3.63, 3.8) is 0 Å². The number of amides is 11. The van der Waals surface area contributed by atoms with Gasteiger partial charge in [-0.25, -0.2) is 0 Å². The van der Waals surface area contributed by atoms with Gasteiger partial charge in [0.2, 0.25) is 65.0 Å². The van der Waals surface area contributed by atoms with Crippen LogP contribution in [0, 0.1) is 5.92 Å². The van der Waals surface area contributed by atoms with Gasteiger partial charge < -0.3 is 102 Å². The Kier molecular flexibility index (Phi) is 33.7. The van der Waals surface area contributed by atoms with E-state index >= 15 is 0 Å². The molecule has 78 heavy (non-hydrogen) atoms. The highest BCUT2D eigenvalue weighted by molar-refractivity contribution is 5.99. The third-order valence-electron chi connectivity index (χ3n) is 12.3. The summed E-state index contributed by atoms with van der Waals surface area (Å²) >= 11 is 0. The van der Waals surface area contributed by atoms with Crippen LogP contribution < -0.4 is 81.4 Å². The molecule has 0 aromatic rings. The monoisotopic (exact) mass is 1120 g/mol. The maximum Gasteiger partial charge on any atom is 0.245 e. The minimum absolute atomic E-state index is 0.0422. The average molecular weight is 1120 g/mol. The van der Waals surface area contributed by atoms with E-state index in [1.54, 1.807) is 13.8 Å². The van der Waals surface area contributed by atoms with Crippen LogP contribution in [0.2, 0.25) is 0 Å². The van der Waals surface area contributed by atoms with Crippen molar-refractivity contribution in [3.05, 3.63) is 0 Å². The standard InChI is InChI=1S/C48H89N15O15/c1-6-7-8-9-10-11-36(68)54-28(12-17-49)42(72)63-38(27(5)67)48(78)61-35(24-65)46(76)58-32-16-21-53-47(77)37(26(4)66)62-43(73)31(15-20-52)56-39(69)29(13-18-50)57-45(75)34(23-64)60-44(74)33(22-25(2)3)59-40(70)30(14-19-51)55-41(32)71/h25-35,37-38,64-67H,6-24,49-52H2,1-5H3,(H,53,77)(H,54,68)(H,55,71)(H,56,69)(H,57,75)(H,58,76)(H,59,70)(H,60,74)(H,61,78)(H,62,73)(H,63,72)/t26-,27-,28+,29+,30+,31+,32+,33-,34+,35?,37+,38+/m1/s1. The second-order valence-electron chi connectivity index (χ2n) is 19.6. The summed E-state index contributed by atoms with van der Waals surface area (Å²) in [5, 5.41) is 68.3. The first-order valence-corrected chi connectivity index (χ1v) is 26.6. The first-order valence-electron chi connectivity index (χ1n) is 26.6. The predicted octanol–water partition coefficient (Wildman–Crippen LogP) is -8.10. The molecule has 1 unspecified atom stereocenters. The molecule has 23 N–H and O–H groups in total. The molecule has 1 aliphatic heterocycles. The van der Waals surface area contributed by atoms with Gasteiger partial charge in [0, 0.05) is 13.0 Å². The molecule has 11 amide bonds. The fraction of sp³-hybridized carbons (Fsp3) is 0.771. The van der Waals surface area contributed by atoms with Crippen LogP contribution in [0.3, 0.4) is 0 Å². The number of nitrogens with one attached hydrogen (secondary N) is 11. The van der Waals surface area contributed by atoms with E-state index < -0.39 is 164 Å². The summed E-state index contributed by atoms with van der Waals surface area (Å²) in [6.07, 6.45) is -0.0761. The van der Waals surface area contributed by atoms with E-state index in [1.165, 1.54) is 0 Å². The Morgan fingerprint density at radius 1 is 0.577 bits per heavy atom. The lowest BCUT2D eigenvalue weighted by molar-refractivity contribution is -0.137. The van der Waals surface area contributed by atoms with Crippen LogP contribution in [0.4, 0.5) is 0 Å². The average Bonchev–Trinajstić information content (AvgIpc) is 3.37. The Balaban J connectivity index is 3.72. The van der Waals surface area contributed by atoms with E-state index in [1.807, 2.05) is 6.92 Å². The van der Waals surface area contributed by atoms with Gasteiger partial charge in [0.25, 0.3) is 0 Å². The van der Waals surface area contributed by atoms with Crippen molar-refractivity contribution < 1.29 is 73.2 Å². The third kappa shape index (κ3) is 25.1. The van der Waals surface area contributed by atoms with Gasteiger partial charge in [0.1, 0.15) is 60.4 Å². The third-order valence-corrected chi connectivity index (χ3v) is 12.3. The van der Waals surface area contributed by atoms with Crippen LogP contribution in [0.15, 0.2) is 0 Å². The van der Waals surface area contributed by atoms with E-state index in [4.69, 9.17) is 22.9 Å². The predicted molar refractivity (Wildman–Crippen MR) is 282 cm³/mol. The molecule has 30 nitrogen and oxygen atoms in total. The maximum atomic E-state index is 14.2. The highest BCUT2D eigenvalue weighted by Gasteiger charge is 2.37. The minimum Gasteiger partial charge on any atom is -0.394 e. The number of carbonyl (C=O) groups excluding carboxylic acids is 11. The molecular weight excluding hydrogens is 1030 g/mol. The fourth-order valence-electron chi connectivity index (χ4n) is 7.92. The largest absolute Gasteiger partial charge is 0.394 e. The first kappa shape index (κ1) is 69.9. The summed E-state index contributed by atoms with van der Waals surface area (Å²) in [6.45, 7) is 4.53. The number of hydrogen-bond acceptors (Lipinski definition) is 19. The van der Waals surface area contributed by atoms with Gasteiger partial charge in [-0.3, -0.25) is 52.7 Å². The Labute approximate surface area is 454 Å². The maximum absolute atomic E-state index is 14.2. The molecule has 0 bridgehead atoms. The molecule has 1 heterocycles. The Morgan fingerprint density at radius 2 is 1.08 bits per heavy atom. The number of rotatable bonds is 27. The van der Waals surface area contributed by atoms with Crippen molar-refractivity contribution in [3.8, 4) is 0 Å². The van der Waals surface area contributed by atoms with Crippen LogP contribution in [-0.2, 0) is 52.7 Å². The first-order chi connectivity index (χ1) is 36.9. The van der Waals surface area contributed by atoms with Crippen molar-refractivity contribution in [2.24, 2.45) is 28.9 Å². The Bertz CT molecular complexity index is 1970. The molecule has 0 saturated carbocycles. The molecule has 12 atom stereocenters. The van der Waals surface area contributed by atoms with Gasteiger partial charge in [-0.1, -0.05) is 46.5 Å². The molecule has 0 aliphatic carbocycles. The van der Waals surface area contributed by atoms with Crippen LogP contribution in [0.5, 0.6) is 0 Å². The SMILES string of the molecule is CCCCCCCC(=O)N[C@@H](CCN)C(=O)N[C@H](C(=O)NC(CO)C(=O)N[C@H]1CCNC(=O)[C@H]([C@@H](C)O)NC(=O)[C@H](CCN)NC(=O)[C@H](CCN)NC(=O)[C@H](CO)NC(=O)[C@@H](CC(C)C)NC(=O)[C@H](CCN)NC1=O)[C@@H](C)O. The summed E-state index contributed by atoms with van der Waals surface area (Å²) in [7, 11) is 0. The van der Waals surface area contributed by atoms with Crippen molar-refractivity contribution in [1.29, 1.82) is 0 Å². The molecule has 1 saturated heterocycles. The van der Waals surface area contributed by atoms with Gasteiger partial charge in [-0.05, 0) is 90.9 Å². The van der Waals surface area contributed by atoms with Crippen LogP contribution in [0.25, 0.3) is 0 Å². The van der Waals surface area contributed by atoms with Crippen molar-refractivity contribution in [1.82, 2.24) is 58.5 Å². The quantitative estimate of drug-likeness (QED) is 0.0340. The molecule has 0 aromatic carbocycles. The van der Waals surface area contributed by atoms with E-state index in [0.717, 1.165) is 39.5 Å². The smallest absolute Gasteiger partial charge is 0.245 e. The van der Waals surface area contributed by atoms with Gasteiger partial charge >= 0.3 is 0 Å². The highest BCUT2D eigenvalue weighted by Crippen LogP contribution is 2.10. The number of aliphatic hydroxyl groups excluding tert-OH is 4. The minimum atomic E-state index is -1.89. The number of carbonyl (C=O) groups is 11. The normalized spacial score (nSPS) is 23.5. The summed E-state index contributed by atoms with van der Waals surface area (Å²) < 4.78 is 0. The summed E-state index contributed by atoms with van der Waals surface area (Å²) in [4.78, 5) is 150. The summed E-state index contributed by atoms with van der Waals surface area (Å²) in [5.41, 5.74) is 23.0. The van der Waals surface area contributed by atoms with E-state index in [-0.39, 0.29) is 70.6 Å². The molecule has 0 aromatic heterocycles. The zero-order valence-electron chi connectivity index (χ0n) is 45.5. The topological polar surface area (TPSA) is 505 Å². The zero-order chi connectivity index (χ0) is 59.1. The Morgan fingerprint density at radius 3 is 1.56 bits per heavy atom. The lowest BCUT2D eigenvalue weighted by Crippen LogP contribution is -2.62.